The molecular weight excluding hydrogens is 314 g/mol. The highest BCUT2D eigenvalue weighted by molar-refractivity contribution is 7.89. The zero-order valence-corrected chi connectivity index (χ0v) is 13.8. The molecule has 0 aliphatic rings. The summed E-state index contributed by atoms with van der Waals surface area (Å²) in [7, 11) is -2.04. The van der Waals surface area contributed by atoms with Gasteiger partial charge in [0.15, 0.2) is 0 Å². The Kier molecular flexibility index (Phi) is 8.50. The summed E-state index contributed by atoms with van der Waals surface area (Å²) in [6.07, 6.45) is 0.908. The molecule has 0 spiro atoms. The summed E-state index contributed by atoms with van der Waals surface area (Å²) in [4.78, 5) is 11.8. The first kappa shape index (κ1) is 19.9. The van der Waals surface area contributed by atoms with Crippen LogP contribution in [-0.4, -0.2) is 34.0 Å². The standard InChI is InChI=1S/C13H21N3O3S.ClH/c1-10(9-14)16-13(17)8-5-11-3-6-12(7-4-11)20(18,19)15-2;/h3-4,6-7,10,15H,5,8-9,14H2,1-2H3,(H,16,17);1H/t10-;/m0./s1. The summed E-state index contributed by atoms with van der Waals surface area (Å²) in [5, 5.41) is 2.77. The molecule has 120 valence electrons. The summed E-state index contributed by atoms with van der Waals surface area (Å²) in [6, 6.07) is 6.45. The molecule has 0 unspecified atom stereocenters. The summed E-state index contributed by atoms with van der Waals surface area (Å²) in [6.45, 7) is 2.25. The highest BCUT2D eigenvalue weighted by Crippen LogP contribution is 2.11. The molecule has 21 heavy (non-hydrogen) atoms. The SMILES string of the molecule is CNS(=O)(=O)c1ccc(CCC(=O)N[C@@H](C)CN)cc1.Cl. The lowest BCUT2D eigenvalue weighted by molar-refractivity contribution is -0.121. The van der Waals surface area contributed by atoms with E-state index in [-0.39, 0.29) is 29.3 Å². The molecule has 0 fully saturated rings. The van der Waals surface area contributed by atoms with Crippen LogP contribution in [0.2, 0.25) is 0 Å². The summed E-state index contributed by atoms with van der Waals surface area (Å²) in [5.41, 5.74) is 6.33. The molecule has 1 rings (SSSR count). The van der Waals surface area contributed by atoms with Crippen molar-refractivity contribution < 1.29 is 13.2 Å². The van der Waals surface area contributed by atoms with E-state index >= 15 is 0 Å². The quantitative estimate of drug-likeness (QED) is 0.671. The maximum Gasteiger partial charge on any atom is 0.240 e. The molecule has 1 aromatic carbocycles. The molecule has 1 aromatic rings. The highest BCUT2D eigenvalue weighted by Gasteiger charge is 2.11. The second-order valence-corrected chi connectivity index (χ2v) is 6.44. The van der Waals surface area contributed by atoms with Crippen molar-refractivity contribution >= 4 is 28.3 Å². The maximum atomic E-state index is 11.6. The van der Waals surface area contributed by atoms with Crippen molar-refractivity contribution in [1.29, 1.82) is 0 Å². The average molecular weight is 336 g/mol. The number of carbonyl (C=O) groups excluding carboxylic acids is 1. The molecule has 1 amide bonds. The lowest BCUT2D eigenvalue weighted by Crippen LogP contribution is -2.37. The number of amides is 1. The van der Waals surface area contributed by atoms with E-state index in [4.69, 9.17) is 5.73 Å². The number of aryl methyl sites for hydroxylation is 1. The van der Waals surface area contributed by atoms with E-state index in [2.05, 4.69) is 10.0 Å². The van der Waals surface area contributed by atoms with Crippen LogP contribution in [0.3, 0.4) is 0 Å². The normalized spacial score (nSPS) is 12.3. The lowest BCUT2D eigenvalue weighted by Gasteiger charge is -2.11. The predicted octanol–water partition coefficient (Wildman–Crippen LogP) is 0.413. The van der Waals surface area contributed by atoms with Gasteiger partial charge in [-0.25, -0.2) is 13.1 Å². The zero-order chi connectivity index (χ0) is 15.2. The molecular formula is C13H22ClN3O3S. The van der Waals surface area contributed by atoms with Crippen LogP contribution in [0.15, 0.2) is 29.2 Å². The van der Waals surface area contributed by atoms with E-state index in [1.54, 1.807) is 12.1 Å². The van der Waals surface area contributed by atoms with Gasteiger partial charge < -0.3 is 11.1 Å². The van der Waals surface area contributed by atoms with Crippen LogP contribution in [0.25, 0.3) is 0 Å². The van der Waals surface area contributed by atoms with Gasteiger partial charge in [0.25, 0.3) is 0 Å². The third-order valence-electron chi connectivity index (χ3n) is 2.90. The number of nitrogens with one attached hydrogen (secondary N) is 2. The van der Waals surface area contributed by atoms with Gasteiger partial charge in [-0.1, -0.05) is 12.1 Å². The van der Waals surface area contributed by atoms with Gasteiger partial charge in [0.05, 0.1) is 4.90 Å². The Morgan fingerprint density at radius 2 is 1.86 bits per heavy atom. The predicted molar refractivity (Wildman–Crippen MR) is 84.9 cm³/mol. The van der Waals surface area contributed by atoms with Gasteiger partial charge in [0.1, 0.15) is 0 Å². The van der Waals surface area contributed by atoms with Gasteiger partial charge in [0, 0.05) is 19.0 Å². The number of rotatable bonds is 7. The second kappa shape index (κ2) is 8.99. The molecule has 1 atom stereocenters. The average Bonchev–Trinajstić information content (AvgIpc) is 2.45. The first-order valence-corrected chi connectivity index (χ1v) is 7.89. The van der Waals surface area contributed by atoms with E-state index in [1.165, 1.54) is 19.2 Å². The molecule has 4 N–H and O–H groups in total. The smallest absolute Gasteiger partial charge is 0.240 e. The first-order chi connectivity index (χ1) is 9.39. The van der Waals surface area contributed by atoms with Gasteiger partial charge in [-0.15, -0.1) is 12.4 Å². The fourth-order valence-electron chi connectivity index (χ4n) is 1.62. The fraction of sp³-hybridized carbons (Fsp3) is 0.462. The van der Waals surface area contributed by atoms with Crippen molar-refractivity contribution in [1.82, 2.24) is 10.0 Å². The molecule has 8 heteroatoms. The number of hydrogen-bond acceptors (Lipinski definition) is 4. The molecule has 0 heterocycles. The van der Waals surface area contributed by atoms with Crippen LogP contribution < -0.4 is 15.8 Å². The van der Waals surface area contributed by atoms with E-state index in [0.29, 0.717) is 19.4 Å². The van der Waals surface area contributed by atoms with Crippen molar-refractivity contribution in [2.45, 2.75) is 30.7 Å². The number of carbonyl (C=O) groups is 1. The van der Waals surface area contributed by atoms with E-state index in [1.807, 2.05) is 6.92 Å². The molecule has 0 bridgehead atoms. The van der Waals surface area contributed by atoms with Crippen molar-refractivity contribution in [2.75, 3.05) is 13.6 Å². The Bertz CT molecular complexity index is 546. The minimum atomic E-state index is -3.41. The minimum absolute atomic E-state index is 0. The number of sulfonamides is 1. The van der Waals surface area contributed by atoms with Crippen molar-refractivity contribution in [3.8, 4) is 0 Å². The molecule has 0 saturated carbocycles. The van der Waals surface area contributed by atoms with Gasteiger partial charge >= 0.3 is 0 Å². The number of hydrogen-bond donors (Lipinski definition) is 3. The van der Waals surface area contributed by atoms with E-state index in [9.17, 15) is 13.2 Å². The summed E-state index contributed by atoms with van der Waals surface area (Å²) < 4.78 is 25.3. The Labute approximate surface area is 132 Å². The number of halogens is 1. The van der Waals surface area contributed by atoms with Crippen molar-refractivity contribution in [2.24, 2.45) is 5.73 Å². The largest absolute Gasteiger partial charge is 0.352 e. The third kappa shape index (κ3) is 6.43. The lowest BCUT2D eigenvalue weighted by atomic mass is 10.1. The minimum Gasteiger partial charge on any atom is -0.352 e. The van der Waals surface area contributed by atoms with E-state index < -0.39 is 10.0 Å². The van der Waals surface area contributed by atoms with Crippen LogP contribution in [0.4, 0.5) is 0 Å². The van der Waals surface area contributed by atoms with Crippen molar-refractivity contribution in [3.05, 3.63) is 29.8 Å². The Hall–Kier alpha value is -1.15. The number of benzene rings is 1. The van der Waals surface area contributed by atoms with Crippen LogP contribution in [-0.2, 0) is 21.2 Å². The molecule has 0 saturated heterocycles. The molecule has 0 aliphatic heterocycles. The molecule has 6 nitrogen and oxygen atoms in total. The topological polar surface area (TPSA) is 101 Å². The van der Waals surface area contributed by atoms with Gasteiger partial charge in [-0.05, 0) is 38.1 Å². The molecule has 0 radical (unpaired) electrons. The second-order valence-electron chi connectivity index (χ2n) is 4.56. The Morgan fingerprint density at radius 3 is 2.33 bits per heavy atom. The zero-order valence-electron chi connectivity index (χ0n) is 12.1. The third-order valence-corrected chi connectivity index (χ3v) is 4.33. The summed E-state index contributed by atoms with van der Waals surface area (Å²) in [5.74, 6) is -0.0603. The maximum absolute atomic E-state index is 11.6. The van der Waals surface area contributed by atoms with Gasteiger partial charge in [0.2, 0.25) is 15.9 Å². The first-order valence-electron chi connectivity index (χ1n) is 6.41. The Balaban J connectivity index is 0.00000400. The van der Waals surface area contributed by atoms with Crippen LogP contribution in [0.1, 0.15) is 18.9 Å². The molecule has 0 aliphatic carbocycles. The Morgan fingerprint density at radius 1 is 1.29 bits per heavy atom. The van der Waals surface area contributed by atoms with Crippen LogP contribution in [0, 0.1) is 0 Å². The van der Waals surface area contributed by atoms with Gasteiger partial charge in [-0.3, -0.25) is 4.79 Å². The van der Waals surface area contributed by atoms with Gasteiger partial charge in [-0.2, -0.15) is 0 Å². The molecule has 0 aromatic heterocycles. The van der Waals surface area contributed by atoms with Crippen molar-refractivity contribution in [3.63, 3.8) is 0 Å². The van der Waals surface area contributed by atoms with Crippen LogP contribution in [0.5, 0.6) is 0 Å². The van der Waals surface area contributed by atoms with E-state index in [0.717, 1.165) is 5.56 Å². The fourth-order valence-corrected chi connectivity index (χ4v) is 2.35. The monoisotopic (exact) mass is 335 g/mol. The number of nitrogens with two attached hydrogens (primary N) is 1. The van der Waals surface area contributed by atoms with Crippen LogP contribution >= 0.6 is 12.4 Å². The summed E-state index contributed by atoms with van der Waals surface area (Å²) >= 11 is 0. The highest BCUT2D eigenvalue weighted by atomic mass is 35.5.